The second-order valence-corrected chi connectivity index (χ2v) is 4.64. The largest absolute Gasteiger partial charge is 0.469 e. The van der Waals surface area contributed by atoms with Crippen LogP contribution in [0.1, 0.15) is 51.9 Å². The van der Waals surface area contributed by atoms with Crippen LogP contribution in [0.5, 0.6) is 0 Å². The highest BCUT2D eigenvalue weighted by Crippen LogP contribution is 2.22. The van der Waals surface area contributed by atoms with Crippen LogP contribution in [0.4, 0.5) is 0 Å². The molecule has 1 aliphatic rings. The molecule has 0 aromatic rings. The summed E-state index contributed by atoms with van der Waals surface area (Å²) in [5.74, 6) is 0.440. The molecule has 0 N–H and O–H groups in total. The van der Waals surface area contributed by atoms with E-state index in [0.717, 1.165) is 18.8 Å². The van der Waals surface area contributed by atoms with Crippen LogP contribution >= 0.6 is 0 Å². The number of carbonyl (C=O) groups excluding carboxylic acids is 2. The van der Waals surface area contributed by atoms with Crippen LogP contribution in [0, 0.1) is 5.92 Å². The van der Waals surface area contributed by atoms with Crippen molar-refractivity contribution in [1.82, 2.24) is 0 Å². The van der Waals surface area contributed by atoms with Crippen molar-refractivity contribution >= 4 is 11.9 Å². The first-order valence-electron chi connectivity index (χ1n) is 6.88. The SMILES string of the molecule is COC(=O)CCCC[C@@H]1C=CCCC1.COC(C)=O. The first-order valence-corrected chi connectivity index (χ1v) is 6.88. The lowest BCUT2D eigenvalue weighted by Crippen LogP contribution is -2.02. The fraction of sp³-hybridized carbons (Fsp3) is 0.733. The molecule has 0 bridgehead atoms. The van der Waals surface area contributed by atoms with Crippen LogP contribution in [0.2, 0.25) is 0 Å². The Kier molecular flexibility index (Phi) is 10.9. The minimum Gasteiger partial charge on any atom is -0.469 e. The van der Waals surface area contributed by atoms with Gasteiger partial charge in [0.25, 0.3) is 0 Å². The summed E-state index contributed by atoms with van der Waals surface area (Å²) in [6, 6.07) is 0. The molecule has 1 rings (SSSR count). The second kappa shape index (κ2) is 11.8. The van der Waals surface area contributed by atoms with Gasteiger partial charge in [-0.2, -0.15) is 0 Å². The third-order valence-electron chi connectivity index (χ3n) is 3.07. The normalized spacial score (nSPS) is 17.1. The standard InChI is InChI=1S/C12H20O2.C3H6O2/c1-14-12(13)10-6-5-9-11-7-3-2-4-8-11;1-3(4)5-2/h3,7,11H,2,4-6,8-10H2,1H3;1-2H3/t11-;/m1./s1. The minimum atomic E-state index is -0.245. The van der Waals surface area contributed by atoms with Crippen molar-refractivity contribution in [3.8, 4) is 0 Å². The van der Waals surface area contributed by atoms with Crippen molar-refractivity contribution in [3.05, 3.63) is 12.2 Å². The Bertz CT molecular complexity index is 284. The highest BCUT2D eigenvalue weighted by molar-refractivity contribution is 5.68. The molecular weight excluding hydrogens is 244 g/mol. The summed E-state index contributed by atoms with van der Waals surface area (Å²) in [4.78, 5) is 20.4. The van der Waals surface area contributed by atoms with Gasteiger partial charge in [-0.1, -0.05) is 18.6 Å². The number of unbranched alkanes of at least 4 members (excludes halogenated alkanes) is 1. The number of methoxy groups -OCH3 is 2. The van der Waals surface area contributed by atoms with E-state index in [-0.39, 0.29) is 11.9 Å². The monoisotopic (exact) mass is 270 g/mol. The third-order valence-corrected chi connectivity index (χ3v) is 3.07. The number of hydrogen-bond donors (Lipinski definition) is 0. The summed E-state index contributed by atoms with van der Waals surface area (Å²) >= 11 is 0. The second-order valence-electron chi connectivity index (χ2n) is 4.64. The highest BCUT2D eigenvalue weighted by atomic mass is 16.5. The van der Waals surface area contributed by atoms with Crippen LogP contribution in [0.25, 0.3) is 0 Å². The summed E-state index contributed by atoms with van der Waals surface area (Å²) in [5.41, 5.74) is 0. The summed E-state index contributed by atoms with van der Waals surface area (Å²) in [6.07, 6.45) is 12.4. The lowest BCUT2D eigenvalue weighted by Gasteiger charge is -2.15. The van der Waals surface area contributed by atoms with E-state index in [4.69, 9.17) is 0 Å². The van der Waals surface area contributed by atoms with E-state index in [2.05, 4.69) is 21.6 Å². The van der Waals surface area contributed by atoms with Crippen molar-refractivity contribution in [3.63, 3.8) is 0 Å². The van der Waals surface area contributed by atoms with E-state index in [0.29, 0.717) is 6.42 Å². The molecule has 19 heavy (non-hydrogen) atoms. The van der Waals surface area contributed by atoms with E-state index in [1.165, 1.54) is 46.8 Å². The van der Waals surface area contributed by atoms with Crippen LogP contribution < -0.4 is 0 Å². The first kappa shape index (κ1) is 17.7. The molecular formula is C15H26O4. The van der Waals surface area contributed by atoms with E-state index >= 15 is 0 Å². The van der Waals surface area contributed by atoms with Gasteiger partial charge < -0.3 is 9.47 Å². The zero-order chi connectivity index (χ0) is 14.5. The van der Waals surface area contributed by atoms with Crippen molar-refractivity contribution in [2.75, 3.05) is 14.2 Å². The molecule has 0 aliphatic heterocycles. The predicted molar refractivity (Wildman–Crippen MR) is 74.7 cm³/mol. The van der Waals surface area contributed by atoms with Crippen LogP contribution in [-0.2, 0) is 19.1 Å². The topological polar surface area (TPSA) is 52.6 Å². The number of carbonyl (C=O) groups is 2. The average Bonchev–Trinajstić information content (AvgIpc) is 2.45. The maximum Gasteiger partial charge on any atom is 0.305 e. The Labute approximate surface area is 116 Å². The van der Waals surface area contributed by atoms with Gasteiger partial charge in [-0.15, -0.1) is 0 Å². The minimum absolute atomic E-state index is 0.0795. The maximum atomic E-state index is 10.8. The van der Waals surface area contributed by atoms with Crippen molar-refractivity contribution < 1.29 is 19.1 Å². The van der Waals surface area contributed by atoms with Gasteiger partial charge in [0, 0.05) is 13.3 Å². The van der Waals surface area contributed by atoms with Crippen molar-refractivity contribution in [1.29, 1.82) is 0 Å². The lowest BCUT2D eigenvalue weighted by molar-refractivity contribution is -0.141. The summed E-state index contributed by atoms with van der Waals surface area (Å²) < 4.78 is 8.70. The Morgan fingerprint density at radius 2 is 1.89 bits per heavy atom. The molecule has 0 aromatic heterocycles. The van der Waals surface area contributed by atoms with Gasteiger partial charge in [0.05, 0.1) is 14.2 Å². The zero-order valence-electron chi connectivity index (χ0n) is 12.3. The Balaban J connectivity index is 0.000000555. The van der Waals surface area contributed by atoms with Gasteiger partial charge in [-0.3, -0.25) is 9.59 Å². The Hall–Kier alpha value is -1.32. The van der Waals surface area contributed by atoms with Gasteiger partial charge in [0.2, 0.25) is 0 Å². The average molecular weight is 270 g/mol. The Morgan fingerprint density at radius 3 is 2.37 bits per heavy atom. The number of ether oxygens (including phenoxy) is 2. The van der Waals surface area contributed by atoms with E-state index in [1.807, 2.05) is 0 Å². The summed E-state index contributed by atoms with van der Waals surface area (Å²) in [6.45, 7) is 1.36. The molecule has 0 saturated carbocycles. The molecule has 0 unspecified atom stereocenters. The lowest BCUT2D eigenvalue weighted by atomic mass is 9.91. The first-order chi connectivity index (χ1) is 9.10. The maximum absolute atomic E-state index is 10.8. The fourth-order valence-electron chi connectivity index (χ4n) is 1.90. The van der Waals surface area contributed by atoms with Gasteiger partial charge in [-0.25, -0.2) is 0 Å². The van der Waals surface area contributed by atoms with Crippen LogP contribution in [-0.4, -0.2) is 26.2 Å². The summed E-state index contributed by atoms with van der Waals surface area (Å²) in [7, 11) is 2.80. The zero-order valence-corrected chi connectivity index (χ0v) is 12.3. The smallest absolute Gasteiger partial charge is 0.305 e. The van der Waals surface area contributed by atoms with E-state index in [1.54, 1.807) is 0 Å². The molecule has 0 aromatic carbocycles. The van der Waals surface area contributed by atoms with Crippen molar-refractivity contribution in [2.24, 2.45) is 5.92 Å². The Morgan fingerprint density at radius 1 is 1.21 bits per heavy atom. The van der Waals surface area contributed by atoms with E-state index < -0.39 is 0 Å². The fourth-order valence-corrected chi connectivity index (χ4v) is 1.90. The molecule has 0 fully saturated rings. The predicted octanol–water partition coefficient (Wildman–Crippen LogP) is 3.26. The van der Waals surface area contributed by atoms with E-state index in [9.17, 15) is 9.59 Å². The molecule has 0 amide bonds. The number of esters is 2. The van der Waals surface area contributed by atoms with Gasteiger partial charge >= 0.3 is 11.9 Å². The molecule has 0 spiro atoms. The van der Waals surface area contributed by atoms with Crippen LogP contribution in [0.3, 0.4) is 0 Å². The van der Waals surface area contributed by atoms with Crippen LogP contribution in [0.15, 0.2) is 12.2 Å². The van der Waals surface area contributed by atoms with Gasteiger partial charge in [-0.05, 0) is 38.0 Å². The summed E-state index contributed by atoms with van der Waals surface area (Å²) in [5, 5.41) is 0. The molecule has 4 heteroatoms. The van der Waals surface area contributed by atoms with Gasteiger partial charge in [0.1, 0.15) is 0 Å². The van der Waals surface area contributed by atoms with Crippen molar-refractivity contribution in [2.45, 2.75) is 51.9 Å². The number of rotatable bonds is 5. The molecule has 0 saturated heterocycles. The molecule has 4 nitrogen and oxygen atoms in total. The molecule has 1 atom stereocenters. The van der Waals surface area contributed by atoms with Gasteiger partial charge in [0.15, 0.2) is 0 Å². The number of allylic oxidation sites excluding steroid dienone is 2. The molecule has 1 aliphatic carbocycles. The molecule has 0 heterocycles. The molecule has 0 radical (unpaired) electrons. The highest BCUT2D eigenvalue weighted by Gasteiger charge is 2.08. The number of hydrogen-bond acceptors (Lipinski definition) is 4. The quantitative estimate of drug-likeness (QED) is 0.437. The third kappa shape index (κ3) is 11.5. The molecule has 110 valence electrons.